The smallest absolute Gasteiger partial charge is 0.312 e. The van der Waals surface area contributed by atoms with Crippen molar-refractivity contribution >= 4 is 11.7 Å². The molecule has 154 valence electrons. The Kier molecular flexibility index (Phi) is 5.78. The fourth-order valence-electron chi connectivity index (χ4n) is 4.92. The number of hydrogen-bond acceptors (Lipinski definition) is 6. The van der Waals surface area contributed by atoms with Gasteiger partial charge in [0.2, 0.25) is 0 Å². The van der Waals surface area contributed by atoms with E-state index >= 15 is 0 Å². The van der Waals surface area contributed by atoms with Crippen LogP contribution >= 0.6 is 0 Å². The van der Waals surface area contributed by atoms with Gasteiger partial charge in [-0.2, -0.15) is 0 Å². The van der Waals surface area contributed by atoms with E-state index in [1.807, 2.05) is 12.1 Å². The molecule has 3 fully saturated rings. The second-order valence-corrected chi connectivity index (χ2v) is 8.58. The lowest BCUT2D eigenvalue weighted by Crippen LogP contribution is -2.47. The van der Waals surface area contributed by atoms with Crippen LogP contribution in [-0.2, 0) is 9.53 Å². The monoisotopic (exact) mass is 387 g/mol. The van der Waals surface area contributed by atoms with Gasteiger partial charge < -0.3 is 19.6 Å². The first-order valence-corrected chi connectivity index (χ1v) is 10.8. The number of aromatic hydroxyl groups is 1. The van der Waals surface area contributed by atoms with Crippen molar-refractivity contribution in [3.63, 3.8) is 0 Å². The number of likely N-dealkylation sites (tertiary alicyclic amines) is 1. The maximum atomic E-state index is 12.6. The van der Waals surface area contributed by atoms with E-state index in [0.717, 1.165) is 78.0 Å². The highest BCUT2D eigenvalue weighted by Gasteiger charge is 2.50. The number of piperazine rings is 1. The molecule has 0 aliphatic carbocycles. The van der Waals surface area contributed by atoms with E-state index in [1.165, 1.54) is 5.69 Å². The molecule has 6 heteroatoms. The van der Waals surface area contributed by atoms with Gasteiger partial charge in [0.1, 0.15) is 11.9 Å². The van der Waals surface area contributed by atoms with Crippen LogP contribution in [0.15, 0.2) is 24.3 Å². The summed E-state index contributed by atoms with van der Waals surface area (Å²) in [5, 5.41) is 9.44. The average Bonchev–Trinajstić information content (AvgIpc) is 3.03. The van der Waals surface area contributed by atoms with Crippen molar-refractivity contribution < 1.29 is 14.6 Å². The molecule has 3 aliphatic heterocycles. The maximum absolute atomic E-state index is 12.6. The van der Waals surface area contributed by atoms with Crippen molar-refractivity contribution in [2.75, 3.05) is 57.3 Å². The summed E-state index contributed by atoms with van der Waals surface area (Å²) in [7, 11) is 0. The first-order valence-electron chi connectivity index (χ1n) is 10.8. The van der Waals surface area contributed by atoms with Crippen molar-refractivity contribution in [1.29, 1.82) is 0 Å². The predicted octanol–water partition coefficient (Wildman–Crippen LogP) is 2.32. The molecular weight excluding hydrogens is 354 g/mol. The van der Waals surface area contributed by atoms with Crippen LogP contribution < -0.4 is 4.90 Å². The van der Waals surface area contributed by atoms with Gasteiger partial charge >= 0.3 is 5.97 Å². The molecule has 0 bridgehead atoms. The summed E-state index contributed by atoms with van der Waals surface area (Å²) >= 11 is 0. The Hall–Kier alpha value is -1.79. The van der Waals surface area contributed by atoms with E-state index in [9.17, 15) is 9.90 Å². The van der Waals surface area contributed by atoms with Gasteiger partial charge in [0.25, 0.3) is 0 Å². The SMILES string of the molecule is CCN1CCC2(CC1)CC(CCN1CCN(c3ccc(O)cc3)CC1)OC2=O. The molecule has 0 saturated carbocycles. The van der Waals surface area contributed by atoms with Crippen LogP contribution in [0.25, 0.3) is 0 Å². The maximum Gasteiger partial charge on any atom is 0.312 e. The average molecular weight is 388 g/mol. The quantitative estimate of drug-likeness (QED) is 0.783. The number of anilines is 1. The molecule has 1 atom stereocenters. The number of phenolic OH excluding ortho intramolecular Hbond substituents is 1. The lowest BCUT2D eigenvalue weighted by molar-refractivity contribution is -0.151. The van der Waals surface area contributed by atoms with Gasteiger partial charge in [0.15, 0.2) is 0 Å². The van der Waals surface area contributed by atoms with Gasteiger partial charge in [-0.05, 0) is 63.2 Å². The number of carbonyl (C=O) groups is 1. The number of piperidine rings is 1. The number of benzene rings is 1. The number of ether oxygens (including phenoxy) is 1. The molecule has 0 aromatic heterocycles. The summed E-state index contributed by atoms with van der Waals surface area (Å²) in [6.45, 7) is 10.3. The van der Waals surface area contributed by atoms with Crippen molar-refractivity contribution in [2.45, 2.75) is 38.7 Å². The summed E-state index contributed by atoms with van der Waals surface area (Å²) < 4.78 is 5.80. The topological polar surface area (TPSA) is 56.3 Å². The van der Waals surface area contributed by atoms with Gasteiger partial charge in [0, 0.05) is 44.8 Å². The highest BCUT2D eigenvalue weighted by molar-refractivity contribution is 5.79. The Balaban J connectivity index is 1.22. The van der Waals surface area contributed by atoms with Crippen LogP contribution in [0.4, 0.5) is 5.69 Å². The minimum atomic E-state index is -0.200. The van der Waals surface area contributed by atoms with E-state index in [1.54, 1.807) is 12.1 Å². The minimum Gasteiger partial charge on any atom is -0.508 e. The fourth-order valence-corrected chi connectivity index (χ4v) is 4.92. The molecule has 1 aromatic rings. The van der Waals surface area contributed by atoms with Crippen LogP contribution in [0.2, 0.25) is 0 Å². The van der Waals surface area contributed by atoms with E-state index in [4.69, 9.17) is 4.74 Å². The van der Waals surface area contributed by atoms with Crippen molar-refractivity contribution in [3.8, 4) is 5.75 Å². The molecule has 0 radical (unpaired) electrons. The Labute approximate surface area is 168 Å². The summed E-state index contributed by atoms with van der Waals surface area (Å²) in [6, 6.07) is 7.45. The van der Waals surface area contributed by atoms with Crippen molar-refractivity contribution in [2.24, 2.45) is 5.41 Å². The van der Waals surface area contributed by atoms with Crippen LogP contribution in [0.1, 0.15) is 32.6 Å². The third-order valence-electron chi connectivity index (χ3n) is 6.94. The molecule has 1 spiro atoms. The lowest BCUT2D eigenvalue weighted by Gasteiger charge is -2.36. The van der Waals surface area contributed by atoms with Gasteiger partial charge in [-0.15, -0.1) is 0 Å². The second kappa shape index (κ2) is 8.29. The molecular formula is C22H33N3O3. The molecule has 3 heterocycles. The number of rotatable bonds is 5. The first kappa shape index (κ1) is 19.5. The van der Waals surface area contributed by atoms with Gasteiger partial charge in [0.05, 0.1) is 5.41 Å². The lowest BCUT2D eigenvalue weighted by atomic mass is 9.76. The summed E-state index contributed by atoms with van der Waals surface area (Å²) in [5.41, 5.74) is 0.969. The number of esters is 1. The number of phenols is 1. The molecule has 1 aromatic carbocycles. The zero-order valence-electron chi connectivity index (χ0n) is 17.0. The minimum absolute atomic E-state index is 0.0606. The summed E-state index contributed by atoms with van der Waals surface area (Å²) in [4.78, 5) is 19.8. The first-order chi connectivity index (χ1) is 13.6. The third-order valence-corrected chi connectivity index (χ3v) is 6.94. The number of carbonyl (C=O) groups excluding carboxylic acids is 1. The van der Waals surface area contributed by atoms with Gasteiger partial charge in [-0.25, -0.2) is 0 Å². The van der Waals surface area contributed by atoms with E-state index in [0.29, 0.717) is 5.75 Å². The molecule has 1 unspecified atom stereocenters. The number of nitrogens with zero attached hydrogens (tertiary/aromatic N) is 3. The van der Waals surface area contributed by atoms with Gasteiger partial charge in [-0.3, -0.25) is 9.69 Å². The van der Waals surface area contributed by atoms with Crippen LogP contribution in [0.3, 0.4) is 0 Å². The van der Waals surface area contributed by atoms with E-state index < -0.39 is 0 Å². The largest absolute Gasteiger partial charge is 0.508 e. The number of cyclic esters (lactones) is 1. The molecule has 4 rings (SSSR count). The third kappa shape index (κ3) is 4.13. The zero-order chi connectivity index (χ0) is 19.6. The normalized spacial score (nSPS) is 26.0. The second-order valence-electron chi connectivity index (χ2n) is 8.58. The Bertz CT molecular complexity index is 662. The molecule has 6 nitrogen and oxygen atoms in total. The number of hydrogen-bond donors (Lipinski definition) is 1. The molecule has 28 heavy (non-hydrogen) atoms. The zero-order valence-corrected chi connectivity index (χ0v) is 17.0. The summed E-state index contributed by atoms with van der Waals surface area (Å²) in [5.74, 6) is 0.372. The van der Waals surface area contributed by atoms with E-state index in [2.05, 4.69) is 21.6 Å². The van der Waals surface area contributed by atoms with E-state index in [-0.39, 0.29) is 17.5 Å². The molecule has 0 amide bonds. The Morgan fingerprint density at radius 3 is 2.36 bits per heavy atom. The van der Waals surface area contributed by atoms with Crippen LogP contribution in [-0.4, -0.2) is 79.3 Å². The Morgan fingerprint density at radius 2 is 1.71 bits per heavy atom. The molecule has 3 aliphatic rings. The van der Waals surface area contributed by atoms with Crippen LogP contribution in [0, 0.1) is 5.41 Å². The standard InChI is InChI=1S/C22H33N3O3/c1-2-23-11-8-22(9-12-23)17-20(28-21(22)27)7-10-24-13-15-25(16-14-24)18-3-5-19(26)6-4-18/h3-6,20,26H,2,7-17H2,1H3. The van der Waals surface area contributed by atoms with Crippen LogP contribution in [0.5, 0.6) is 5.75 Å². The highest BCUT2D eigenvalue weighted by Crippen LogP contribution is 2.43. The Morgan fingerprint density at radius 1 is 1.04 bits per heavy atom. The predicted molar refractivity (Wildman–Crippen MR) is 110 cm³/mol. The summed E-state index contributed by atoms with van der Waals surface area (Å²) in [6.07, 6.45) is 3.88. The van der Waals surface area contributed by atoms with Gasteiger partial charge in [-0.1, -0.05) is 6.92 Å². The van der Waals surface area contributed by atoms with Crippen molar-refractivity contribution in [1.82, 2.24) is 9.80 Å². The van der Waals surface area contributed by atoms with Crippen molar-refractivity contribution in [3.05, 3.63) is 24.3 Å². The molecule has 3 saturated heterocycles. The molecule has 1 N–H and O–H groups in total. The highest BCUT2D eigenvalue weighted by atomic mass is 16.6. The fraction of sp³-hybridized carbons (Fsp3) is 0.682.